The summed E-state index contributed by atoms with van der Waals surface area (Å²) in [4.78, 5) is 15.5. The SMILES string of the molecule is [3H]POc1ccc(C(=O)CC2C=CC(OP)=CC2=Cc2ccc(OCCN3CCCCC3)cc2)c(O)c1. The largest absolute Gasteiger partial charge is 0.507 e. The highest BCUT2D eigenvalue weighted by molar-refractivity contribution is 7.10. The zero-order chi connectivity index (χ0) is 26.0. The summed E-state index contributed by atoms with van der Waals surface area (Å²) in [5, 5.41) is 10.3. The van der Waals surface area contributed by atoms with Gasteiger partial charge in [0.1, 0.15) is 29.6 Å². The van der Waals surface area contributed by atoms with Gasteiger partial charge in [0.2, 0.25) is 0 Å². The predicted molar refractivity (Wildman–Crippen MR) is 149 cm³/mol. The Hall–Kier alpha value is -2.65. The van der Waals surface area contributed by atoms with Crippen molar-refractivity contribution in [3.8, 4) is 17.2 Å². The Balaban J connectivity index is 1.42. The smallest absolute Gasteiger partial charge is 0.167 e. The number of likely N-dealkylation sites (tertiary alicyclic amines) is 1. The third-order valence-electron chi connectivity index (χ3n) is 6.50. The number of aromatic hydroxyl groups is 1. The highest BCUT2D eigenvalue weighted by Gasteiger charge is 2.21. The van der Waals surface area contributed by atoms with Crippen molar-refractivity contribution in [2.24, 2.45) is 5.92 Å². The molecule has 0 aromatic heterocycles. The molecular weight excluding hydrogens is 492 g/mol. The highest BCUT2D eigenvalue weighted by atomic mass is 31.0. The molecule has 0 radical (unpaired) electrons. The maximum Gasteiger partial charge on any atom is 0.167 e. The number of phenols is 1. The Morgan fingerprint density at radius 2 is 1.89 bits per heavy atom. The average molecular weight is 528 g/mol. The van der Waals surface area contributed by atoms with E-state index in [1.165, 1.54) is 25.3 Å². The molecule has 3 atom stereocenters. The normalized spacial score (nSPS) is 19.8. The van der Waals surface area contributed by atoms with Crippen molar-refractivity contribution < 1.29 is 23.7 Å². The van der Waals surface area contributed by atoms with Gasteiger partial charge in [-0.3, -0.25) is 9.69 Å². The number of rotatable bonds is 11. The molecule has 3 unspecified atom stereocenters. The molecular formula is C28H33NO5P2. The Kier molecular flexibility index (Phi) is 9.07. The standard InChI is InChI=1S/C28H33NO5P2/c30-27(26-11-10-25(34-36)19-28(26)31)18-21-6-9-24(33-35)17-22(21)16-20-4-7-23(8-5-20)32-15-14-29-12-2-1-3-13-29/h4-11,16-17,19,21,31H,1-3,12-15,18,35-36H2/i36T. The molecule has 1 aliphatic carbocycles. The lowest BCUT2D eigenvalue weighted by Crippen LogP contribution is -2.33. The minimum Gasteiger partial charge on any atom is -0.507 e. The second-order valence-electron chi connectivity index (χ2n) is 9.00. The van der Waals surface area contributed by atoms with Crippen molar-refractivity contribution in [2.45, 2.75) is 25.7 Å². The Bertz CT molecular complexity index is 1160. The highest BCUT2D eigenvalue weighted by Crippen LogP contribution is 2.32. The molecule has 6 nitrogen and oxygen atoms in total. The average Bonchev–Trinajstić information content (AvgIpc) is 2.91. The Labute approximate surface area is 218 Å². The van der Waals surface area contributed by atoms with Crippen LogP contribution < -0.4 is 9.26 Å². The van der Waals surface area contributed by atoms with E-state index < -0.39 is 9.41 Å². The van der Waals surface area contributed by atoms with Crippen LogP contribution in [-0.2, 0) is 4.52 Å². The van der Waals surface area contributed by atoms with Crippen molar-refractivity contribution in [1.82, 2.24) is 4.90 Å². The molecule has 36 heavy (non-hydrogen) atoms. The van der Waals surface area contributed by atoms with E-state index in [1.54, 1.807) is 12.1 Å². The van der Waals surface area contributed by atoms with Crippen LogP contribution >= 0.6 is 18.9 Å². The summed E-state index contributed by atoms with van der Waals surface area (Å²) in [6.07, 6.45) is 11.8. The second-order valence-corrected chi connectivity index (χ2v) is 9.44. The Morgan fingerprint density at radius 1 is 1.11 bits per heavy atom. The second kappa shape index (κ2) is 13.1. The van der Waals surface area contributed by atoms with Gasteiger partial charge in [0.25, 0.3) is 0 Å². The number of carbonyl (C=O) groups excluding carboxylic acids is 1. The van der Waals surface area contributed by atoms with E-state index in [4.69, 9.17) is 15.1 Å². The number of allylic oxidation sites excluding steroid dienone is 4. The van der Waals surface area contributed by atoms with Crippen LogP contribution in [0.25, 0.3) is 6.08 Å². The summed E-state index contributed by atoms with van der Waals surface area (Å²) in [6, 6.07) is 12.5. The van der Waals surface area contributed by atoms with Gasteiger partial charge < -0.3 is 18.9 Å². The van der Waals surface area contributed by atoms with Crippen molar-refractivity contribution in [3.63, 3.8) is 0 Å². The number of Topliss-reactive ketones (excluding diaryl/α,β-unsaturated/α-hetero) is 1. The van der Waals surface area contributed by atoms with E-state index in [0.717, 1.165) is 36.5 Å². The fourth-order valence-corrected chi connectivity index (χ4v) is 4.77. The van der Waals surface area contributed by atoms with Crippen LogP contribution in [0.3, 0.4) is 0 Å². The van der Waals surface area contributed by atoms with Crippen molar-refractivity contribution in [3.05, 3.63) is 83.2 Å². The van der Waals surface area contributed by atoms with Crippen molar-refractivity contribution >= 4 is 30.7 Å². The summed E-state index contributed by atoms with van der Waals surface area (Å²) in [5.74, 6) is 1.38. The lowest BCUT2D eigenvalue weighted by atomic mass is 9.86. The number of ketones is 1. The van der Waals surface area contributed by atoms with Gasteiger partial charge in [0.05, 0.1) is 25.7 Å². The maximum absolute atomic E-state index is 13.0. The van der Waals surface area contributed by atoms with Crippen LogP contribution in [0.4, 0.5) is 0 Å². The first-order chi connectivity index (χ1) is 18.1. The summed E-state index contributed by atoms with van der Waals surface area (Å²) < 4.78 is 23.6. The fraction of sp³-hybridized carbons (Fsp3) is 0.321. The summed E-state index contributed by atoms with van der Waals surface area (Å²) >= 11 is 0. The number of benzene rings is 2. The van der Waals surface area contributed by atoms with Crippen LogP contribution in [0.5, 0.6) is 17.2 Å². The zero-order valence-electron chi connectivity index (χ0n) is 21.2. The summed E-state index contributed by atoms with van der Waals surface area (Å²) in [5.41, 5.74) is 2.16. The monoisotopic (exact) mass is 527 g/mol. The summed E-state index contributed by atoms with van der Waals surface area (Å²) in [7, 11) is 1.76. The van der Waals surface area contributed by atoms with E-state index in [0.29, 0.717) is 18.1 Å². The van der Waals surface area contributed by atoms with E-state index in [2.05, 4.69) is 14.4 Å². The zero-order valence-corrected chi connectivity index (χ0v) is 22.3. The lowest BCUT2D eigenvalue weighted by Gasteiger charge is -2.26. The molecule has 0 amide bonds. The minimum atomic E-state index is -0.487. The number of phenolic OH excluding ortho intramolecular Hbond substituents is 1. The Morgan fingerprint density at radius 3 is 2.61 bits per heavy atom. The van der Waals surface area contributed by atoms with E-state index >= 15 is 0 Å². The number of hydrogen-bond donors (Lipinski definition) is 1. The quantitative estimate of drug-likeness (QED) is 0.287. The van der Waals surface area contributed by atoms with Gasteiger partial charge in [-0.05, 0) is 73.5 Å². The van der Waals surface area contributed by atoms with Gasteiger partial charge in [-0.15, -0.1) is 0 Å². The molecule has 1 heterocycles. The minimum absolute atomic E-state index is 0.147. The number of piperidine rings is 1. The number of hydrogen-bond acceptors (Lipinski definition) is 6. The molecule has 8 heteroatoms. The van der Waals surface area contributed by atoms with Gasteiger partial charge >= 0.3 is 0 Å². The van der Waals surface area contributed by atoms with E-state index in [9.17, 15) is 9.90 Å². The van der Waals surface area contributed by atoms with Gasteiger partial charge in [0.15, 0.2) is 5.78 Å². The van der Waals surface area contributed by atoms with Crippen LogP contribution in [0.1, 0.15) is 41.6 Å². The van der Waals surface area contributed by atoms with Gasteiger partial charge in [-0.2, -0.15) is 0 Å². The summed E-state index contributed by atoms with van der Waals surface area (Å²) in [6.45, 7) is 3.95. The van der Waals surface area contributed by atoms with Crippen LogP contribution in [-0.4, -0.2) is 43.3 Å². The van der Waals surface area contributed by atoms with Gasteiger partial charge in [-0.25, -0.2) is 0 Å². The van der Waals surface area contributed by atoms with Gasteiger partial charge in [-0.1, -0.05) is 30.7 Å². The number of nitrogens with zero attached hydrogens (tertiary/aromatic N) is 1. The third-order valence-corrected chi connectivity index (χ3v) is 7.00. The fourth-order valence-electron chi connectivity index (χ4n) is 4.50. The maximum atomic E-state index is 13.0. The lowest BCUT2D eigenvalue weighted by molar-refractivity contribution is 0.0971. The first-order valence-electron chi connectivity index (χ1n) is 12.7. The topological polar surface area (TPSA) is 68.2 Å². The molecule has 0 saturated carbocycles. The molecule has 2 aromatic carbocycles. The van der Waals surface area contributed by atoms with Crippen molar-refractivity contribution in [1.29, 1.82) is 1.28 Å². The van der Waals surface area contributed by atoms with Gasteiger partial charge in [0, 0.05) is 24.9 Å². The van der Waals surface area contributed by atoms with E-state index in [1.807, 2.05) is 48.6 Å². The van der Waals surface area contributed by atoms with Crippen LogP contribution in [0, 0.1) is 5.92 Å². The first-order valence-corrected chi connectivity index (χ1v) is 13.1. The molecule has 1 N–H and O–H groups in total. The molecule has 0 spiro atoms. The van der Waals surface area contributed by atoms with Crippen LogP contribution in [0.2, 0.25) is 0 Å². The molecule has 0 bridgehead atoms. The van der Waals surface area contributed by atoms with Crippen LogP contribution in [0.15, 0.2) is 72.0 Å². The molecule has 1 fully saturated rings. The third kappa shape index (κ3) is 7.20. The molecule has 1 aliphatic heterocycles. The molecule has 2 aromatic rings. The number of ether oxygens (including phenoxy) is 1. The first kappa shape index (κ1) is 25.0. The van der Waals surface area contributed by atoms with Crippen molar-refractivity contribution in [2.75, 3.05) is 26.2 Å². The number of carbonyl (C=O) groups is 1. The molecule has 1 saturated heterocycles. The molecule has 190 valence electrons. The molecule has 2 aliphatic rings. The van der Waals surface area contributed by atoms with E-state index in [-0.39, 0.29) is 29.4 Å². The molecule has 4 rings (SSSR count). The predicted octanol–water partition coefficient (Wildman–Crippen LogP) is 5.96.